The molecule has 3 nitrogen and oxygen atoms in total. The maximum absolute atomic E-state index is 8.24. The van der Waals surface area contributed by atoms with Crippen LogP contribution in [0.3, 0.4) is 0 Å². The second-order valence-electron chi connectivity index (χ2n) is 2.04. The molecule has 0 fully saturated rings. The molecule has 4 N–H and O–H groups in total. The zero-order valence-electron chi connectivity index (χ0n) is 7.63. The van der Waals surface area contributed by atoms with Gasteiger partial charge in [0.05, 0.1) is 6.10 Å². The molecule has 0 aromatic heterocycles. The monoisotopic (exact) mass is 332 g/mol. The molecule has 0 heterocycles. The second kappa shape index (κ2) is 16.9. The molecular formula is C7H20N2OW. The minimum Gasteiger partial charge on any atom is -0.392 e. The fourth-order valence-corrected chi connectivity index (χ4v) is 0.250. The Morgan fingerprint density at radius 3 is 1.64 bits per heavy atom. The van der Waals surface area contributed by atoms with E-state index in [9.17, 15) is 0 Å². The van der Waals surface area contributed by atoms with Crippen LogP contribution >= 0.6 is 0 Å². The third-order valence-corrected chi connectivity index (χ3v) is 0.841. The van der Waals surface area contributed by atoms with Crippen LogP contribution in [0.25, 0.3) is 0 Å². The van der Waals surface area contributed by atoms with Crippen LogP contribution in [0, 0.1) is 0 Å². The molecule has 1 atom stereocenters. The van der Waals surface area contributed by atoms with Crippen molar-refractivity contribution in [1.82, 2.24) is 5.32 Å². The van der Waals surface area contributed by atoms with Crippen LogP contribution < -0.4 is 11.1 Å². The first-order valence-electron chi connectivity index (χ1n) is 3.77. The average Bonchev–Trinajstić information content (AvgIpc) is 1.91. The van der Waals surface area contributed by atoms with Crippen molar-refractivity contribution in [3.05, 3.63) is 0 Å². The van der Waals surface area contributed by atoms with Crippen molar-refractivity contribution in [3.8, 4) is 0 Å². The van der Waals surface area contributed by atoms with E-state index < -0.39 is 0 Å². The third-order valence-electron chi connectivity index (χ3n) is 0.841. The van der Waals surface area contributed by atoms with Gasteiger partial charge in [-0.2, -0.15) is 0 Å². The van der Waals surface area contributed by atoms with Gasteiger partial charge < -0.3 is 16.2 Å². The molecule has 4 heteroatoms. The zero-order valence-corrected chi connectivity index (χ0v) is 10.6. The first kappa shape index (κ1) is 17.6. The van der Waals surface area contributed by atoms with Crippen molar-refractivity contribution < 1.29 is 26.2 Å². The van der Waals surface area contributed by atoms with Gasteiger partial charge in [-0.05, 0) is 20.0 Å². The van der Waals surface area contributed by atoms with Crippen LogP contribution in [0.4, 0.5) is 0 Å². The van der Waals surface area contributed by atoms with Crippen molar-refractivity contribution in [2.45, 2.75) is 26.9 Å². The molecule has 0 bridgehead atoms. The first-order chi connectivity index (χ1) is 4.68. The summed E-state index contributed by atoms with van der Waals surface area (Å²) in [5.41, 5.74) is 4.92. The largest absolute Gasteiger partial charge is 0.392 e. The first-order valence-corrected chi connectivity index (χ1v) is 3.77. The Kier molecular flexibility index (Phi) is 27.0. The molecule has 0 saturated carbocycles. The van der Waals surface area contributed by atoms with E-state index in [0.717, 1.165) is 13.1 Å². The number of hydrogen-bond acceptors (Lipinski definition) is 3. The molecule has 70 valence electrons. The van der Waals surface area contributed by atoms with Gasteiger partial charge in [-0.15, -0.1) is 0 Å². The number of nitrogens with two attached hydrogens (primary N) is 1. The number of hydrogen-bond donors (Lipinski definition) is 3. The Hall–Kier alpha value is 0.568. The number of aliphatic hydroxyl groups is 1. The fourth-order valence-electron chi connectivity index (χ4n) is 0.250. The van der Waals surface area contributed by atoms with Crippen LogP contribution in [0.1, 0.15) is 20.8 Å². The van der Waals surface area contributed by atoms with Crippen LogP contribution in [0.5, 0.6) is 0 Å². The average molecular weight is 332 g/mol. The summed E-state index contributed by atoms with van der Waals surface area (Å²) < 4.78 is 0. The predicted octanol–water partition coefficient (Wildman–Crippen LogP) is -0.0608. The summed E-state index contributed by atoms with van der Waals surface area (Å²) in [6.07, 6.45) is -0.338. The molecule has 0 aliphatic heterocycles. The smallest absolute Gasteiger partial charge is 0.0634 e. The predicted molar refractivity (Wildman–Crippen MR) is 45.0 cm³/mol. The van der Waals surface area contributed by atoms with Crippen LogP contribution in [0.2, 0.25) is 0 Å². The van der Waals surface area contributed by atoms with Crippen molar-refractivity contribution in [2.24, 2.45) is 5.73 Å². The topological polar surface area (TPSA) is 58.3 Å². The van der Waals surface area contributed by atoms with Gasteiger partial charge in [0.2, 0.25) is 0 Å². The summed E-state index contributed by atoms with van der Waals surface area (Å²) in [4.78, 5) is 0. The molecular weight excluding hydrogens is 312 g/mol. The Morgan fingerprint density at radius 1 is 1.36 bits per heavy atom. The van der Waals surface area contributed by atoms with E-state index in [1.165, 1.54) is 0 Å². The third kappa shape index (κ3) is 37.2. The molecule has 0 aromatic carbocycles. The standard InChI is InChI=1S/C4H11N.C3H9NO.W/c1-3-5-4-2;1-3(5)2-4;/h5H,3-4H2,1-2H3;3,5H,2,4H2,1H3;. The normalized spacial score (nSPS) is 10.6. The second-order valence-corrected chi connectivity index (χ2v) is 2.04. The van der Waals surface area contributed by atoms with Gasteiger partial charge in [0, 0.05) is 27.6 Å². The van der Waals surface area contributed by atoms with Crippen LogP contribution in [-0.2, 0) is 21.1 Å². The summed E-state index contributed by atoms with van der Waals surface area (Å²) in [7, 11) is 0. The quantitative estimate of drug-likeness (QED) is 0.679. The fraction of sp³-hybridized carbons (Fsp3) is 1.00. The van der Waals surface area contributed by atoms with E-state index in [0.29, 0.717) is 6.54 Å². The molecule has 0 aliphatic carbocycles. The minimum atomic E-state index is -0.338. The zero-order chi connectivity index (χ0) is 8.41. The van der Waals surface area contributed by atoms with Crippen molar-refractivity contribution in [2.75, 3.05) is 19.6 Å². The van der Waals surface area contributed by atoms with Gasteiger partial charge in [0.1, 0.15) is 0 Å². The molecule has 0 aliphatic rings. The van der Waals surface area contributed by atoms with Gasteiger partial charge in [0.15, 0.2) is 0 Å². The van der Waals surface area contributed by atoms with Crippen molar-refractivity contribution in [1.29, 1.82) is 0 Å². The molecule has 0 radical (unpaired) electrons. The minimum absolute atomic E-state index is 0. The molecule has 0 saturated heterocycles. The number of rotatable bonds is 3. The van der Waals surface area contributed by atoms with Gasteiger partial charge in [0.25, 0.3) is 0 Å². The number of nitrogens with one attached hydrogen (secondary N) is 1. The summed E-state index contributed by atoms with van der Waals surface area (Å²) in [6.45, 7) is 8.40. The Balaban J connectivity index is -0.000000107. The van der Waals surface area contributed by atoms with E-state index in [2.05, 4.69) is 19.2 Å². The summed E-state index contributed by atoms with van der Waals surface area (Å²) in [5, 5.41) is 11.3. The molecule has 11 heavy (non-hydrogen) atoms. The number of aliphatic hydroxyl groups excluding tert-OH is 1. The van der Waals surface area contributed by atoms with Gasteiger partial charge in [-0.3, -0.25) is 0 Å². The Bertz CT molecular complexity index is 51.7. The van der Waals surface area contributed by atoms with Crippen LogP contribution in [0.15, 0.2) is 0 Å². The molecule has 0 amide bonds. The van der Waals surface area contributed by atoms with E-state index in [1.807, 2.05) is 0 Å². The van der Waals surface area contributed by atoms with Gasteiger partial charge in [-0.25, -0.2) is 0 Å². The Labute approximate surface area is 84.0 Å². The molecule has 1 unspecified atom stereocenters. The van der Waals surface area contributed by atoms with Crippen molar-refractivity contribution in [3.63, 3.8) is 0 Å². The summed E-state index contributed by atoms with van der Waals surface area (Å²) in [5.74, 6) is 0. The van der Waals surface area contributed by atoms with Crippen molar-refractivity contribution >= 4 is 0 Å². The van der Waals surface area contributed by atoms with E-state index in [4.69, 9.17) is 10.8 Å². The van der Waals surface area contributed by atoms with Gasteiger partial charge >= 0.3 is 0 Å². The molecule has 0 spiro atoms. The summed E-state index contributed by atoms with van der Waals surface area (Å²) in [6, 6.07) is 0. The summed E-state index contributed by atoms with van der Waals surface area (Å²) >= 11 is 0. The Morgan fingerprint density at radius 2 is 1.64 bits per heavy atom. The molecule has 0 rings (SSSR count). The van der Waals surface area contributed by atoms with E-state index in [-0.39, 0.29) is 27.2 Å². The maximum atomic E-state index is 8.24. The van der Waals surface area contributed by atoms with E-state index >= 15 is 0 Å². The van der Waals surface area contributed by atoms with E-state index in [1.54, 1.807) is 6.92 Å². The maximum Gasteiger partial charge on any atom is 0.0634 e. The van der Waals surface area contributed by atoms with Gasteiger partial charge in [-0.1, -0.05) is 13.8 Å². The van der Waals surface area contributed by atoms with Crippen LogP contribution in [-0.4, -0.2) is 30.8 Å². The molecule has 0 aromatic rings. The SMILES string of the molecule is CC(O)CN.CCNCC.[W].